The predicted molar refractivity (Wildman–Crippen MR) is 33.7 cm³/mol. The molecule has 0 radical (unpaired) electrons. The van der Waals surface area contributed by atoms with E-state index in [4.69, 9.17) is 15.6 Å². The van der Waals surface area contributed by atoms with Crippen LogP contribution in [0.3, 0.4) is 0 Å². The first kappa shape index (κ1) is 6.58. The lowest BCUT2D eigenvalue weighted by Gasteiger charge is -2.07. The van der Waals surface area contributed by atoms with Gasteiger partial charge in [-0.1, -0.05) is 0 Å². The molecule has 9 heavy (non-hydrogen) atoms. The van der Waals surface area contributed by atoms with Gasteiger partial charge in [0, 0.05) is 6.42 Å². The first-order valence-electron chi connectivity index (χ1n) is 3.03. The predicted octanol–water partition coefficient (Wildman–Crippen LogP) is -0.390. The van der Waals surface area contributed by atoms with Crippen LogP contribution < -0.4 is 5.73 Å². The van der Waals surface area contributed by atoms with Gasteiger partial charge in [0.1, 0.15) is 11.9 Å². The van der Waals surface area contributed by atoms with Crippen LogP contribution in [0.2, 0.25) is 0 Å². The van der Waals surface area contributed by atoms with Crippen molar-refractivity contribution in [3.8, 4) is 0 Å². The minimum atomic E-state index is -0.0384. The van der Waals surface area contributed by atoms with E-state index in [0.717, 1.165) is 12.2 Å². The fourth-order valence-electron chi connectivity index (χ4n) is 0.816. The standard InChI is InChI=1S/C6H11NO2/c7-3-5-1-2-6(4-8)9-5/h1,6,8H,2-4,7H2. The SMILES string of the molecule is NCC1=CCC(CO)O1. The van der Waals surface area contributed by atoms with Crippen molar-refractivity contribution >= 4 is 0 Å². The molecule has 0 spiro atoms. The summed E-state index contributed by atoms with van der Waals surface area (Å²) < 4.78 is 5.15. The number of aliphatic hydroxyl groups excluding tert-OH is 1. The molecule has 3 nitrogen and oxygen atoms in total. The molecule has 0 aromatic heterocycles. The van der Waals surface area contributed by atoms with E-state index >= 15 is 0 Å². The van der Waals surface area contributed by atoms with Gasteiger partial charge in [-0.25, -0.2) is 0 Å². The Morgan fingerprint density at radius 3 is 3.00 bits per heavy atom. The Balaban J connectivity index is 2.31. The highest BCUT2D eigenvalue weighted by molar-refractivity contribution is 5.02. The van der Waals surface area contributed by atoms with Crippen LogP contribution in [-0.2, 0) is 4.74 Å². The molecular formula is C6H11NO2. The highest BCUT2D eigenvalue weighted by Gasteiger charge is 2.14. The molecule has 0 aliphatic carbocycles. The summed E-state index contributed by atoms with van der Waals surface area (Å²) in [5.74, 6) is 0.800. The first-order chi connectivity index (χ1) is 4.36. The average molecular weight is 129 g/mol. The zero-order valence-corrected chi connectivity index (χ0v) is 5.21. The van der Waals surface area contributed by atoms with Crippen molar-refractivity contribution in [3.63, 3.8) is 0 Å². The summed E-state index contributed by atoms with van der Waals surface area (Å²) in [7, 11) is 0. The van der Waals surface area contributed by atoms with E-state index in [0.29, 0.717) is 6.54 Å². The fourth-order valence-corrected chi connectivity index (χ4v) is 0.816. The molecule has 52 valence electrons. The fraction of sp³-hybridized carbons (Fsp3) is 0.667. The van der Waals surface area contributed by atoms with Gasteiger partial charge < -0.3 is 15.6 Å². The van der Waals surface area contributed by atoms with E-state index in [-0.39, 0.29) is 12.7 Å². The van der Waals surface area contributed by atoms with Crippen molar-refractivity contribution in [3.05, 3.63) is 11.8 Å². The first-order valence-corrected chi connectivity index (χ1v) is 3.03. The monoisotopic (exact) mass is 129 g/mol. The number of nitrogens with two attached hydrogens (primary N) is 1. The van der Waals surface area contributed by atoms with E-state index in [9.17, 15) is 0 Å². The van der Waals surface area contributed by atoms with Crippen molar-refractivity contribution in [2.75, 3.05) is 13.2 Å². The molecule has 1 rings (SSSR count). The van der Waals surface area contributed by atoms with Crippen LogP contribution in [0.15, 0.2) is 11.8 Å². The number of rotatable bonds is 2. The van der Waals surface area contributed by atoms with Gasteiger partial charge in [0.25, 0.3) is 0 Å². The van der Waals surface area contributed by atoms with Crippen LogP contribution >= 0.6 is 0 Å². The van der Waals surface area contributed by atoms with Crippen molar-refractivity contribution in [1.82, 2.24) is 0 Å². The second-order valence-electron chi connectivity index (χ2n) is 2.03. The number of ether oxygens (including phenoxy) is 1. The lowest BCUT2D eigenvalue weighted by molar-refractivity contribution is 0.0789. The molecule has 1 atom stereocenters. The van der Waals surface area contributed by atoms with Gasteiger partial charge in [0.05, 0.1) is 13.2 Å². The van der Waals surface area contributed by atoms with E-state index < -0.39 is 0 Å². The largest absolute Gasteiger partial charge is 0.491 e. The highest BCUT2D eigenvalue weighted by Crippen LogP contribution is 2.14. The summed E-state index contributed by atoms with van der Waals surface area (Å²) in [6.45, 7) is 0.524. The van der Waals surface area contributed by atoms with Gasteiger partial charge in [-0.3, -0.25) is 0 Å². The Hall–Kier alpha value is -0.540. The second kappa shape index (κ2) is 2.85. The third-order valence-corrected chi connectivity index (χ3v) is 1.33. The number of hydrogen-bond acceptors (Lipinski definition) is 3. The third-order valence-electron chi connectivity index (χ3n) is 1.33. The van der Waals surface area contributed by atoms with Gasteiger partial charge in [-0.05, 0) is 6.08 Å². The minimum Gasteiger partial charge on any atom is -0.491 e. The Kier molecular flexibility index (Phi) is 2.08. The average Bonchev–Trinajstić information content (AvgIpc) is 2.34. The molecule has 0 saturated heterocycles. The molecule has 0 amide bonds. The second-order valence-corrected chi connectivity index (χ2v) is 2.03. The van der Waals surface area contributed by atoms with Crippen LogP contribution in [0.4, 0.5) is 0 Å². The molecule has 1 aliphatic heterocycles. The summed E-state index contributed by atoms with van der Waals surface area (Å²) in [6, 6.07) is 0. The maximum atomic E-state index is 8.58. The molecule has 1 aliphatic rings. The smallest absolute Gasteiger partial charge is 0.125 e. The van der Waals surface area contributed by atoms with Gasteiger partial charge in [-0.15, -0.1) is 0 Å². The zero-order valence-electron chi connectivity index (χ0n) is 5.21. The van der Waals surface area contributed by atoms with E-state index in [2.05, 4.69) is 0 Å². The lowest BCUT2D eigenvalue weighted by atomic mass is 10.3. The van der Waals surface area contributed by atoms with Crippen molar-refractivity contribution in [2.45, 2.75) is 12.5 Å². The van der Waals surface area contributed by atoms with E-state index in [1.54, 1.807) is 0 Å². The van der Waals surface area contributed by atoms with Crippen LogP contribution in [0, 0.1) is 0 Å². The van der Waals surface area contributed by atoms with Crippen LogP contribution in [0.5, 0.6) is 0 Å². The zero-order chi connectivity index (χ0) is 6.69. The molecule has 0 saturated carbocycles. The molecule has 1 heterocycles. The van der Waals surface area contributed by atoms with E-state index in [1.807, 2.05) is 6.08 Å². The maximum Gasteiger partial charge on any atom is 0.125 e. The third kappa shape index (κ3) is 1.43. The molecule has 1 unspecified atom stereocenters. The maximum absolute atomic E-state index is 8.58. The van der Waals surface area contributed by atoms with Crippen molar-refractivity contribution in [1.29, 1.82) is 0 Å². The quantitative estimate of drug-likeness (QED) is 0.534. The Morgan fingerprint density at radius 2 is 2.67 bits per heavy atom. The molecule has 0 fully saturated rings. The normalized spacial score (nSPS) is 25.6. The summed E-state index contributed by atoms with van der Waals surface area (Å²) in [5, 5.41) is 8.58. The summed E-state index contributed by atoms with van der Waals surface area (Å²) >= 11 is 0. The lowest BCUT2D eigenvalue weighted by Crippen LogP contribution is -2.13. The molecule has 0 bridgehead atoms. The Bertz CT molecular complexity index is 122. The molecule has 3 heteroatoms. The summed E-state index contributed by atoms with van der Waals surface area (Å²) in [4.78, 5) is 0. The summed E-state index contributed by atoms with van der Waals surface area (Å²) in [6.07, 6.45) is 2.67. The minimum absolute atomic E-state index is 0.0384. The van der Waals surface area contributed by atoms with Gasteiger partial charge in [0.2, 0.25) is 0 Å². The number of aliphatic hydroxyl groups is 1. The van der Waals surface area contributed by atoms with Crippen LogP contribution in [-0.4, -0.2) is 24.4 Å². The Labute approximate surface area is 54.1 Å². The number of hydrogen-bond donors (Lipinski definition) is 2. The Morgan fingerprint density at radius 1 is 1.89 bits per heavy atom. The van der Waals surface area contributed by atoms with Gasteiger partial charge in [-0.2, -0.15) is 0 Å². The van der Waals surface area contributed by atoms with Gasteiger partial charge in [0.15, 0.2) is 0 Å². The molecule has 0 aromatic carbocycles. The van der Waals surface area contributed by atoms with Crippen LogP contribution in [0.1, 0.15) is 6.42 Å². The van der Waals surface area contributed by atoms with E-state index in [1.165, 1.54) is 0 Å². The van der Waals surface area contributed by atoms with Crippen LogP contribution in [0.25, 0.3) is 0 Å². The van der Waals surface area contributed by atoms with Crippen molar-refractivity contribution in [2.24, 2.45) is 5.73 Å². The highest BCUT2D eigenvalue weighted by atomic mass is 16.5. The van der Waals surface area contributed by atoms with Gasteiger partial charge >= 0.3 is 0 Å². The molecule has 3 N–H and O–H groups in total. The molecular weight excluding hydrogens is 118 g/mol. The summed E-state index contributed by atoms with van der Waals surface area (Å²) in [5.41, 5.74) is 5.28. The topological polar surface area (TPSA) is 55.5 Å². The van der Waals surface area contributed by atoms with Crippen molar-refractivity contribution < 1.29 is 9.84 Å². The molecule has 0 aromatic rings.